The van der Waals surface area contributed by atoms with Gasteiger partial charge in [-0.25, -0.2) is 5.21 Å². The lowest BCUT2D eigenvalue weighted by atomic mass is 10.2. The van der Waals surface area contributed by atoms with E-state index in [1.54, 1.807) is 36.4 Å². The molecule has 0 spiro atoms. The highest BCUT2D eigenvalue weighted by atomic mass is 16.8. The van der Waals surface area contributed by atoms with Gasteiger partial charge in [-0.05, 0) is 18.2 Å². The van der Waals surface area contributed by atoms with Gasteiger partial charge in [-0.1, -0.05) is 24.3 Å². The molecule has 3 N–H and O–H groups in total. The largest absolute Gasteiger partial charge is 0.595 e. The predicted molar refractivity (Wildman–Crippen MR) is 66.6 cm³/mol. The molecule has 92 valence electrons. The van der Waals surface area contributed by atoms with Crippen molar-refractivity contribution in [3.05, 3.63) is 65.4 Å². The topological polar surface area (TPSA) is 76.8 Å². The van der Waals surface area contributed by atoms with Gasteiger partial charge < -0.3 is 10.5 Å². The highest BCUT2D eigenvalue weighted by molar-refractivity contribution is 6.04. The molecule has 2 aromatic rings. The van der Waals surface area contributed by atoms with Crippen LogP contribution < -0.4 is 10.5 Å². The van der Waals surface area contributed by atoms with Crippen LogP contribution in [0.15, 0.2) is 54.6 Å². The molecule has 0 aliphatic rings. The SMILES string of the molecule is O=C(Nc1cccc([NH+]([O-])O)c1)c1ccccc1. The summed E-state index contributed by atoms with van der Waals surface area (Å²) >= 11 is 0. The van der Waals surface area contributed by atoms with Crippen LogP contribution in [0.4, 0.5) is 11.4 Å². The van der Waals surface area contributed by atoms with Gasteiger partial charge in [0.15, 0.2) is 5.69 Å². The Kier molecular flexibility index (Phi) is 3.69. The van der Waals surface area contributed by atoms with E-state index in [1.807, 2.05) is 6.07 Å². The molecule has 5 nitrogen and oxygen atoms in total. The molecule has 18 heavy (non-hydrogen) atoms. The number of quaternary nitrogens is 1. The van der Waals surface area contributed by atoms with Crippen molar-refractivity contribution >= 4 is 17.3 Å². The van der Waals surface area contributed by atoms with Crippen LogP contribution >= 0.6 is 0 Å². The Morgan fingerprint density at radius 3 is 2.50 bits per heavy atom. The fourth-order valence-electron chi connectivity index (χ4n) is 1.52. The zero-order valence-electron chi connectivity index (χ0n) is 9.46. The maximum Gasteiger partial charge on any atom is 0.255 e. The lowest BCUT2D eigenvalue weighted by Crippen LogP contribution is -2.99. The molecule has 0 fully saturated rings. The first-order valence-corrected chi connectivity index (χ1v) is 5.36. The number of carbonyl (C=O) groups excluding carboxylic acids is 1. The van der Waals surface area contributed by atoms with Gasteiger partial charge in [0.2, 0.25) is 0 Å². The fraction of sp³-hybridized carbons (Fsp3) is 0. The van der Waals surface area contributed by atoms with Crippen molar-refractivity contribution in [1.82, 2.24) is 0 Å². The predicted octanol–water partition coefficient (Wildman–Crippen LogP) is 1.34. The van der Waals surface area contributed by atoms with Crippen molar-refractivity contribution in [2.45, 2.75) is 0 Å². The smallest absolute Gasteiger partial charge is 0.255 e. The number of amides is 1. The fourth-order valence-corrected chi connectivity index (χ4v) is 1.52. The van der Waals surface area contributed by atoms with Gasteiger partial charge in [0.25, 0.3) is 5.91 Å². The first kappa shape index (κ1) is 12.3. The van der Waals surface area contributed by atoms with E-state index in [1.165, 1.54) is 12.1 Å². The third-order valence-corrected chi connectivity index (χ3v) is 2.40. The van der Waals surface area contributed by atoms with Crippen molar-refractivity contribution < 1.29 is 15.2 Å². The summed E-state index contributed by atoms with van der Waals surface area (Å²) in [7, 11) is 0. The minimum atomic E-state index is -1.02. The zero-order valence-corrected chi connectivity index (χ0v) is 9.46. The summed E-state index contributed by atoms with van der Waals surface area (Å²) in [6.07, 6.45) is 0. The normalized spacial score (nSPS) is 11.9. The summed E-state index contributed by atoms with van der Waals surface area (Å²) < 4.78 is 0. The van der Waals surface area contributed by atoms with E-state index in [0.29, 0.717) is 11.3 Å². The minimum Gasteiger partial charge on any atom is -0.595 e. The summed E-state index contributed by atoms with van der Waals surface area (Å²) in [5.74, 6) is -0.266. The number of nitrogens with one attached hydrogen (secondary N) is 2. The van der Waals surface area contributed by atoms with Crippen molar-refractivity contribution in [3.8, 4) is 0 Å². The monoisotopic (exact) mass is 244 g/mol. The number of anilines is 1. The Balaban J connectivity index is 2.15. The summed E-state index contributed by atoms with van der Waals surface area (Å²) in [5, 5.41) is 21.3. The molecule has 0 aromatic heterocycles. The molecule has 1 amide bonds. The van der Waals surface area contributed by atoms with Crippen LogP contribution in [0, 0.1) is 5.21 Å². The maximum absolute atomic E-state index is 11.8. The van der Waals surface area contributed by atoms with E-state index in [-0.39, 0.29) is 11.6 Å². The summed E-state index contributed by atoms with van der Waals surface area (Å²) in [6, 6.07) is 14.9. The number of benzene rings is 2. The van der Waals surface area contributed by atoms with E-state index >= 15 is 0 Å². The van der Waals surface area contributed by atoms with Crippen molar-refractivity contribution in [2.75, 3.05) is 5.32 Å². The third kappa shape index (κ3) is 2.92. The van der Waals surface area contributed by atoms with Crippen molar-refractivity contribution in [3.63, 3.8) is 0 Å². The number of hydrogen-bond acceptors (Lipinski definition) is 3. The second kappa shape index (κ2) is 5.42. The van der Waals surface area contributed by atoms with Crippen molar-refractivity contribution in [1.29, 1.82) is 0 Å². The average molecular weight is 244 g/mol. The minimum absolute atomic E-state index is 0.140. The van der Waals surface area contributed by atoms with Gasteiger partial charge in [-0.2, -0.15) is 5.23 Å². The number of carbonyl (C=O) groups is 1. The van der Waals surface area contributed by atoms with Crippen LogP contribution in [0.1, 0.15) is 10.4 Å². The van der Waals surface area contributed by atoms with Crippen LogP contribution in [-0.2, 0) is 0 Å². The molecule has 2 aromatic carbocycles. The van der Waals surface area contributed by atoms with Gasteiger partial charge in [0.1, 0.15) is 0 Å². The van der Waals surface area contributed by atoms with Crippen LogP contribution in [0.25, 0.3) is 0 Å². The molecule has 2 rings (SSSR count). The van der Waals surface area contributed by atoms with Crippen LogP contribution in [0.3, 0.4) is 0 Å². The summed E-state index contributed by atoms with van der Waals surface area (Å²) in [4.78, 5) is 11.8. The van der Waals surface area contributed by atoms with Gasteiger partial charge >= 0.3 is 0 Å². The quantitative estimate of drug-likeness (QED) is 0.713. The van der Waals surface area contributed by atoms with Crippen LogP contribution in [-0.4, -0.2) is 11.1 Å². The number of rotatable bonds is 3. The van der Waals surface area contributed by atoms with E-state index in [9.17, 15) is 10.0 Å². The second-order valence-electron chi connectivity index (χ2n) is 3.71. The van der Waals surface area contributed by atoms with Crippen molar-refractivity contribution in [2.24, 2.45) is 0 Å². The molecule has 5 heteroatoms. The van der Waals surface area contributed by atoms with Gasteiger partial charge in [0, 0.05) is 23.4 Å². The molecule has 0 heterocycles. The van der Waals surface area contributed by atoms with Gasteiger partial charge in [0.05, 0.1) is 0 Å². The lowest BCUT2D eigenvalue weighted by Gasteiger charge is -2.12. The Morgan fingerprint density at radius 1 is 1.11 bits per heavy atom. The third-order valence-electron chi connectivity index (χ3n) is 2.40. The molecule has 0 radical (unpaired) electrons. The highest BCUT2D eigenvalue weighted by Crippen LogP contribution is 2.13. The molecule has 1 unspecified atom stereocenters. The van der Waals surface area contributed by atoms with E-state index in [2.05, 4.69) is 5.32 Å². The molecule has 0 aliphatic carbocycles. The Labute approximate surface area is 104 Å². The average Bonchev–Trinajstić information content (AvgIpc) is 2.40. The Bertz CT molecular complexity index is 541. The van der Waals surface area contributed by atoms with Gasteiger partial charge in [-0.3, -0.25) is 4.79 Å². The van der Waals surface area contributed by atoms with E-state index in [0.717, 1.165) is 0 Å². The summed E-state index contributed by atoms with van der Waals surface area (Å²) in [5.41, 5.74) is 1.13. The number of hydrogen-bond donors (Lipinski definition) is 3. The van der Waals surface area contributed by atoms with Crippen LogP contribution in [0.5, 0.6) is 0 Å². The van der Waals surface area contributed by atoms with E-state index in [4.69, 9.17) is 5.21 Å². The molecule has 0 saturated carbocycles. The molecule has 0 bridgehead atoms. The van der Waals surface area contributed by atoms with Crippen LogP contribution in [0.2, 0.25) is 0 Å². The summed E-state index contributed by atoms with van der Waals surface area (Å²) in [6.45, 7) is 0. The highest BCUT2D eigenvalue weighted by Gasteiger charge is 2.07. The van der Waals surface area contributed by atoms with E-state index < -0.39 is 5.23 Å². The standard InChI is InChI=1S/C13H12N2O3/c16-13(10-5-2-1-3-6-10)14-11-7-4-8-12(9-11)15(17)18/h1-9,15,17H,(H,14,16). The zero-order chi connectivity index (χ0) is 13.0. The lowest BCUT2D eigenvalue weighted by molar-refractivity contribution is -0.991. The molecule has 0 saturated heterocycles. The molecular formula is C13H12N2O3. The molecule has 0 aliphatic heterocycles. The van der Waals surface area contributed by atoms with Gasteiger partial charge in [-0.15, -0.1) is 0 Å². The molecular weight excluding hydrogens is 232 g/mol. The second-order valence-corrected chi connectivity index (χ2v) is 3.71. The molecule has 1 atom stereocenters. The Hall–Kier alpha value is -2.21. The first-order valence-electron chi connectivity index (χ1n) is 5.36. The first-order chi connectivity index (χ1) is 8.66. The Morgan fingerprint density at radius 2 is 1.83 bits per heavy atom. The maximum atomic E-state index is 11.8.